The van der Waals surface area contributed by atoms with Gasteiger partial charge in [0.15, 0.2) is 0 Å². The van der Waals surface area contributed by atoms with Crippen molar-refractivity contribution in [3.05, 3.63) is 0 Å². The number of thiol groups is 2. The van der Waals surface area contributed by atoms with Crippen LogP contribution in [0.2, 0.25) is 0 Å². The summed E-state index contributed by atoms with van der Waals surface area (Å²) in [7, 11) is 0. The zero-order chi connectivity index (χ0) is 7.15. The van der Waals surface area contributed by atoms with Crippen molar-refractivity contribution in [1.29, 1.82) is 0 Å². The lowest BCUT2D eigenvalue weighted by molar-refractivity contribution is 0.266. The van der Waals surface area contributed by atoms with Gasteiger partial charge in [-0.3, -0.25) is 9.59 Å². The van der Waals surface area contributed by atoms with Crippen molar-refractivity contribution in [3.63, 3.8) is 0 Å². The van der Waals surface area contributed by atoms with Gasteiger partial charge in [0.05, 0.1) is 0 Å². The fraction of sp³-hybridized carbons (Fsp3) is 0.333. The highest BCUT2D eigenvalue weighted by Gasteiger charge is 1.63. The highest BCUT2D eigenvalue weighted by molar-refractivity contribution is 7.96. The Hall–Kier alpha value is -0.400. The van der Waals surface area contributed by atoms with E-state index in [4.69, 9.17) is 9.59 Å². The lowest BCUT2D eigenvalue weighted by atomic mass is 11.5. The van der Waals surface area contributed by atoms with Crippen molar-refractivity contribution >= 4 is 35.7 Å². The highest BCUT2D eigenvalue weighted by Crippen LogP contribution is 1.61. The number of carbonyl (C=O) groups is 2. The molecule has 0 saturated heterocycles. The predicted octanol–water partition coefficient (Wildman–Crippen LogP) is 0.788. The standard InChI is InChI=1S/2CH3NOS.CH4.H3N/c2*2-1(3)4;;/h2*(H3,2,3,4);1H4;1H3. The number of primary amides is 2. The normalized spacial score (nSPS) is 5.00. The maximum atomic E-state index is 9.09. The van der Waals surface area contributed by atoms with Gasteiger partial charge in [-0.1, -0.05) is 32.7 Å². The van der Waals surface area contributed by atoms with Gasteiger partial charge in [0.1, 0.15) is 0 Å². The number of nitrogens with two attached hydrogens (primary N) is 2. The molecule has 0 rings (SSSR count). The maximum Gasteiger partial charge on any atom is 0.273 e. The van der Waals surface area contributed by atoms with Crippen LogP contribution in [0.1, 0.15) is 7.43 Å². The Labute approximate surface area is 70.9 Å². The summed E-state index contributed by atoms with van der Waals surface area (Å²) in [4.78, 5) is 18.2. The third kappa shape index (κ3) is 2070. The van der Waals surface area contributed by atoms with Crippen molar-refractivity contribution in [2.75, 3.05) is 0 Å². The summed E-state index contributed by atoms with van der Waals surface area (Å²) in [5, 5.41) is -1.28. The lowest BCUT2D eigenvalue weighted by Gasteiger charge is -1.59. The van der Waals surface area contributed by atoms with E-state index in [1.54, 1.807) is 0 Å². The lowest BCUT2D eigenvalue weighted by Crippen LogP contribution is -1.95. The van der Waals surface area contributed by atoms with Gasteiger partial charge in [-0.15, -0.1) is 0 Å². The minimum Gasteiger partial charge on any atom is -0.361 e. The topological polar surface area (TPSA) is 121 Å². The molecule has 0 aromatic rings. The van der Waals surface area contributed by atoms with Crippen molar-refractivity contribution in [2.24, 2.45) is 11.5 Å². The van der Waals surface area contributed by atoms with Crippen LogP contribution in [0.4, 0.5) is 9.59 Å². The van der Waals surface area contributed by atoms with Crippen LogP contribution in [0.3, 0.4) is 0 Å². The fourth-order valence-electron chi connectivity index (χ4n) is 0. The molecule has 0 saturated carbocycles. The molecular formula is C3H13N3O2S2. The molecule has 0 aromatic heterocycles. The molecule has 0 radical (unpaired) electrons. The molecule has 2 amide bonds. The largest absolute Gasteiger partial charge is 0.361 e. The summed E-state index contributed by atoms with van der Waals surface area (Å²) in [6.45, 7) is 0. The van der Waals surface area contributed by atoms with Gasteiger partial charge in [0.25, 0.3) is 10.5 Å². The number of hydrogen-bond acceptors (Lipinski definition) is 3. The van der Waals surface area contributed by atoms with Crippen LogP contribution in [0, 0.1) is 0 Å². The average Bonchev–Trinajstić information content (AvgIpc) is 1.25. The van der Waals surface area contributed by atoms with E-state index in [0.29, 0.717) is 0 Å². The number of carbonyl (C=O) groups excluding carboxylic acids is 2. The Morgan fingerprint density at radius 3 is 1.00 bits per heavy atom. The molecule has 7 heteroatoms. The molecule has 64 valence electrons. The molecule has 10 heavy (non-hydrogen) atoms. The molecule has 5 nitrogen and oxygen atoms in total. The van der Waals surface area contributed by atoms with Crippen molar-refractivity contribution < 1.29 is 9.59 Å². The first kappa shape index (κ1) is 22.6. The quantitative estimate of drug-likeness (QED) is 0.360. The maximum absolute atomic E-state index is 9.09. The average molecular weight is 187 g/mol. The Morgan fingerprint density at radius 1 is 1.00 bits per heavy atom. The second kappa shape index (κ2) is 15.8. The van der Waals surface area contributed by atoms with Crippen molar-refractivity contribution in [3.8, 4) is 0 Å². The number of hydrogen-bond donors (Lipinski definition) is 5. The predicted molar refractivity (Wildman–Crippen MR) is 48.9 cm³/mol. The van der Waals surface area contributed by atoms with Crippen LogP contribution in [-0.4, -0.2) is 10.5 Å². The van der Waals surface area contributed by atoms with Gasteiger partial charge < -0.3 is 17.6 Å². The second-order valence-electron chi connectivity index (χ2n) is 0.676. The summed E-state index contributed by atoms with van der Waals surface area (Å²) < 4.78 is 0. The van der Waals surface area contributed by atoms with Gasteiger partial charge in [0.2, 0.25) is 0 Å². The van der Waals surface area contributed by atoms with Gasteiger partial charge in [-0.05, 0) is 0 Å². The van der Waals surface area contributed by atoms with Crippen LogP contribution >= 0.6 is 25.3 Å². The Bertz CT molecular complexity index is 77.7. The summed E-state index contributed by atoms with van der Waals surface area (Å²) in [5.41, 5.74) is 8.67. The van der Waals surface area contributed by atoms with E-state index >= 15 is 0 Å². The molecular weight excluding hydrogens is 174 g/mol. The minimum atomic E-state index is -0.639. The Morgan fingerprint density at radius 2 is 1.00 bits per heavy atom. The van der Waals surface area contributed by atoms with E-state index in [9.17, 15) is 0 Å². The van der Waals surface area contributed by atoms with Gasteiger partial charge in [-0.2, -0.15) is 0 Å². The molecule has 0 heterocycles. The molecule has 0 aromatic carbocycles. The van der Waals surface area contributed by atoms with Gasteiger partial charge >= 0.3 is 0 Å². The molecule has 0 aliphatic rings. The summed E-state index contributed by atoms with van der Waals surface area (Å²) >= 11 is 6.21. The van der Waals surface area contributed by atoms with Crippen molar-refractivity contribution in [2.45, 2.75) is 7.43 Å². The van der Waals surface area contributed by atoms with Crippen LogP contribution in [0.25, 0.3) is 0 Å². The first-order chi connectivity index (χ1) is 3.46. The van der Waals surface area contributed by atoms with E-state index in [2.05, 4.69) is 36.7 Å². The smallest absolute Gasteiger partial charge is 0.273 e. The van der Waals surface area contributed by atoms with E-state index < -0.39 is 10.5 Å². The fourth-order valence-corrected chi connectivity index (χ4v) is 0. The second-order valence-corrected chi connectivity index (χ2v) is 1.56. The van der Waals surface area contributed by atoms with E-state index in [1.165, 1.54) is 0 Å². The zero-order valence-corrected chi connectivity index (χ0v) is 6.36. The van der Waals surface area contributed by atoms with Gasteiger partial charge in [0, 0.05) is 0 Å². The number of rotatable bonds is 0. The van der Waals surface area contributed by atoms with E-state index in [1.807, 2.05) is 0 Å². The SMILES string of the molecule is C.N.NC(=O)S.NC(=O)S. The minimum absolute atomic E-state index is 0. The van der Waals surface area contributed by atoms with Crippen molar-refractivity contribution in [1.82, 2.24) is 6.15 Å². The molecule has 0 bridgehead atoms. The molecule has 7 N–H and O–H groups in total. The van der Waals surface area contributed by atoms with Crippen LogP contribution < -0.4 is 17.6 Å². The van der Waals surface area contributed by atoms with Gasteiger partial charge in [-0.25, -0.2) is 0 Å². The van der Waals surface area contributed by atoms with Crippen LogP contribution in [0.15, 0.2) is 0 Å². The Kier molecular flexibility index (Phi) is 35.9. The van der Waals surface area contributed by atoms with E-state index in [0.717, 1.165) is 0 Å². The highest BCUT2D eigenvalue weighted by atomic mass is 32.1. The molecule has 0 unspecified atom stereocenters. The molecule has 0 atom stereocenters. The summed E-state index contributed by atoms with van der Waals surface area (Å²) in [6, 6.07) is 0. The number of amides is 2. The molecule has 0 spiro atoms. The zero-order valence-electron chi connectivity index (χ0n) is 4.57. The molecule has 0 aliphatic carbocycles. The molecule has 0 aliphatic heterocycles. The first-order valence-corrected chi connectivity index (χ1v) is 2.33. The monoisotopic (exact) mass is 187 g/mol. The van der Waals surface area contributed by atoms with E-state index in [-0.39, 0.29) is 13.6 Å². The molecule has 0 fully saturated rings. The third-order valence-corrected chi connectivity index (χ3v) is 0. The third-order valence-electron chi connectivity index (χ3n) is 0. The summed E-state index contributed by atoms with van der Waals surface area (Å²) in [6.07, 6.45) is 0. The first-order valence-electron chi connectivity index (χ1n) is 1.43. The van der Waals surface area contributed by atoms with Crippen LogP contribution in [-0.2, 0) is 0 Å². The summed E-state index contributed by atoms with van der Waals surface area (Å²) in [5.74, 6) is 0. The van der Waals surface area contributed by atoms with Crippen LogP contribution in [0.5, 0.6) is 0 Å². The Balaban J connectivity index is -0.0000000300.